The van der Waals surface area contributed by atoms with Crippen LogP contribution in [0.4, 0.5) is 0 Å². The Labute approximate surface area is 103 Å². The van der Waals surface area contributed by atoms with E-state index >= 15 is 0 Å². The van der Waals surface area contributed by atoms with E-state index in [1.807, 2.05) is 21.1 Å². The van der Waals surface area contributed by atoms with Crippen LogP contribution in [0.3, 0.4) is 0 Å². The van der Waals surface area contributed by atoms with E-state index < -0.39 is 0 Å². The third kappa shape index (κ3) is 12.5. The summed E-state index contributed by atoms with van der Waals surface area (Å²) in [6.07, 6.45) is 1.06. The normalized spacial score (nSPS) is 14.1. The summed E-state index contributed by atoms with van der Waals surface area (Å²) < 4.78 is 0. The molecule has 0 aliphatic rings. The Kier molecular flexibility index (Phi) is 16.5. The quantitative estimate of drug-likeness (QED) is 0.527. The Balaban J connectivity index is -0.000000605. The standard InChI is InChI=1S/C9H21N3.CH3.Zn/c1-8(10-3)6-9(2)11-7-12(4)5;;/h8-9H,6-7H2,1-5H3;1H3;/q-2;-1;. The molecule has 0 amide bonds. The Hall–Kier alpha value is 0.503. The number of hydrogen-bond acceptors (Lipinski definition) is 1. The monoisotopic (exact) mass is 250 g/mol. The van der Waals surface area contributed by atoms with E-state index in [1.54, 1.807) is 0 Å². The SMILES string of the molecule is C[N-]C(C)CC(C)[N-]CN(C)C.[CH3-].[Zn]. The van der Waals surface area contributed by atoms with Gasteiger partial charge in [0.15, 0.2) is 0 Å². The molecule has 0 aromatic carbocycles. The van der Waals surface area contributed by atoms with Crippen molar-refractivity contribution in [3.63, 3.8) is 0 Å². The largest absolute Gasteiger partial charge is 0.663 e. The second-order valence-corrected chi connectivity index (χ2v) is 3.60. The van der Waals surface area contributed by atoms with E-state index in [0.29, 0.717) is 12.1 Å². The van der Waals surface area contributed by atoms with Gasteiger partial charge in [-0.15, -0.1) is 12.1 Å². The van der Waals surface area contributed by atoms with E-state index in [2.05, 4.69) is 29.4 Å². The van der Waals surface area contributed by atoms with Gasteiger partial charge in [0.1, 0.15) is 0 Å². The topological polar surface area (TPSA) is 31.4 Å². The fourth-order valence-electron chi connectivity index (χ4n) is 0.976. The Morgan fingerprint density at radius 1 is 1.14 bits per heavy atom. The molecule has 0 aromatic rings. The molecular formula is C10H24N3Zn-3. The van der Waals surface area contributed by atoms with Gasteiger partial charge in [0.05, 0.1) is 0 Å². The van der Waals surface area contributed by atoms with E-state index in [4.69, 9.17) is 0 Å². The second-order valence-electron chi connectivity index (χ2n) is 3.60. The minimum Gasteiger partial charge on any atom is -0.663 e. The summed E-state index contributed by atoms with van der Waals surface area (Å²) in [4.78, 5) is 2.07. The van der Waals surface area contributed by atoms with Crippen LogP contribution in [-0.2, 0) is 19.5 Å². The van der Waals surface area contributed by atoms with Crippen molar-refractivity contribution in [2.24, 2.45) is 0 Å². The van der Waals surface area contributed by atoms with Gasteiger partial charge in [-0.2, -0.15) is 7.05 Å². The van der Waals surface area contributed by atoms with Gasteiger partial charge in [-0.25, -0.2) is 0 Å². The number of hydrogen-bond donors (Lipinski definition) is 0. The molecule has 0 heterocycles. The first-order valence-electron chi connectivity index (χ1n) is 4.46. The molecule has 0 spiro atoms. The molecule has 0 fully saturated rings. The van der Waals surface area contributed by atoms with Gasteiger partial charge in [-0.05, 0) is 14.1 Å². The third-order valence-electron chi connectivity index (χ3n) is 1.80. The first-order chi connectivity index (χ1) is 5.56. The van der Waals surface area contributed by atoms with Crippen LogP contribution >= 0.6 is 0 Å². The van der Waals surface area contributed by atoms with Crippen molar-refractivity contribution in [3.05, 3.63) is 18.1 Å². The van der Waals surface area contributed by atoms with Gasteiger partial charge in [0.2, 0.25) is 0 Å². The van der Waals surface area contributed by atoms with Crippen molar-refractivity contribution in [2.45, 2.75) is 32.4 Å². The van der Waals surface area contributed by atoms with Crippen LogP contribution < -0.4 is 0 Å². The predicted octanol–water partition coefficient (Wildman–Crippen LogP) is 2.50. The van der Waals surface area contributed by atoms with Gasteiger partial charge in [-0.1, -0.05) is 26.9 Å². The molecule has 4 heteroatoms. The van der Waals surface area contributed by atoms with Gasteiger partial charge in [0, 0.05) is 19.5 Å². The smallest absolute Gasteiger partial charge is 0 e. The number of rotatable bonds is 6. The molecule has 2 atom stereocenters. The predicted molar refractivity (Wildman–Crippen MR) is 61.2 cm³/mol. The minimum absolute atomic E-state index is 0. The fourth-order valence-corrected chi connectivity index (χ4v) is 0.976. The van der Waals surface area contributed by atoms with Gasteiger partial charge < -0.3 is 23.0 Å². The molecule has 0 saturated carbocycles. The Morgan fingerprint density at radius 3 is 2.00 bits per heavy atom. The second kappa shape index (κ2) is 11.6. The van der Waals surface area contributed by atoms with Gasteiger partial charge in [-0.3, -0.25) is 0 Å². The van der Waals surface area contributed by atoms with Crippen LogP contribution in [0.25, 0.3) is 10.6 Å². The summed E-state index contributed by atoms with van der Waals surface area (Å²) >= 11 is 0. The molecule has 0 saturated heterocycles. The van der Waals surface area contributed by atoms with Crippen molar-refractivity contribution in [3.8, 4) is 0 Å². The molecule has 0 rings (SSSR count). The van der Waals surface area contributed by atoms with Gasteiger partial charge in [0.25, 0.3) is 0 Å². The Morgan fingerprint density at radius 2 is 1.64 bits per heavy atom. The molecule has 0 aromatic heterocycles. The number of nitrogens with zero attached hydrogens (tertiary/aromatic N) is 3. The molecule has 84 valence electrons. The molecule has 0 aliphatic heterocycles. The molecule has 0 bridgehead atoms. The summed E-state index contributed by atoms with van der Waals surface area (Å²) in [5, 5.41) is 8.66. The van der Waals surface area contributed by atoms with Crippen LogP contribution in [0.5, 0.6) is 0 Å². The first-order valence-corrected chi connectivity index (χ1v) is 4.46. The van der Waals surface area contributed by atoms with Crippen molar-refractivity contribution in [1.29, 1.82) is 0 Å². The molecule has 0 N–H and O–H groups in total. The average molecular weight is 252 g/mol. The van der Waals surface area contributed by atoms with Crippen LogP contribution in [0.15, 0.2) is 0 Å². The maximum absolute atomic E-state index is 4.48. The molecule has 2 unspecified atom stereocenters. The van der Waals surface area contributed by atoms with E-state index in [0.717, 1.165) is 13.1 Å². The van der Waals surface area contributed by atoms with Crippen LogP contribution in [0.2, 0.25) is 0 Å². The summed E-state index contributed by atoms with van der Waals surface area (Å²) in [5.74, 6) is 0. The summed E-state index contributed by atoms with van der Waals surface area (Å²) in [7, 11) is 5.93. The fraction of sp³-hybridized carbons (Fsp3) is 0.900. The zero-order chi connectivity index (χ0) is 9.56. The molecule has 0 aliphatic carbocycles. The van der Waals surface area contributed by atoms with Crippen molar-refractivity contribution in [2.75, 3.05) is 27.8 Å². The summed E-state index contributed by atoms with van der Waals surface area (Å²) in [6, 6.07) is 0.858. The minimum atomic E-state index is 0. The average Bonchev–Trinajstić information content (AvgIpc) is 2.00. The van der Waals surface area contributed by atoms with Crippen molar-refractivity contribution < 1.29 is 19.5 Å². The zero-order valence-corrected chi connectivity index (χ0v) is 13.6. The van der Waals surface area contributed by atoms with E-state index in [1.165, 1.54) is 0 Å². The van der Waals surface area contributed by atoms with Crippen molar-refractivity contribution >= 4 is 0 Å². The first kappa shape index (κ1) is 20.0. The van der Waals surface area contributed by atoms with Crippen LogP contribution in [-0.4, -0.2) is 44.8 Å². The summed E-state index contributed by atoms with van der Waals surface area (Å²) in [5.41, 5.74) is 0. The summed E-state index contributed by atoms with van der Waals surface area (Å²) in [6.45, 7) is 5.09. The van der Waals surface area contributed by atoms with Crippen molar-refractivity contribution in [1.82, 2.24) is 4.90 Å². The van der Waals surface area contributed by atoms with E-state index in [9.17, 15) is 0 Å². The maximum atomic E-state index is 4.48. The molecule has 0 radical (unpaired) electrons. The maximum Gasteiger partial charge on any atom is 0 e. The molecule has 14 heavy (non-hydrogen) atoms. The Bertz CT molecular complexity index is 110. The van der Waals surface area contributed by atoms with Crippen LogP contribution in [0.1, 0.15) is 20.3 Å². The van der Waals surface area contributed by atoms with Gasteiger partial charge >= 0.3 is 0 Å². The van der Waals surface area contributed by atoms with Crippen LogP contribution in [0, 0.1) is 7.43 Å². The third-order valence-corrected chi connectivity index (χ3v) is 1.80. The van der Waals surface area contributed by atoms with E-state index in [-0.39, 0.29) is 26.9 Å². The molecular weight excluding hydrogens is 228 g/mol. The molecule has 3 nitrogen and oxygen atoms in total. The zero-order valence-electron chi connectivity index (χ0n) is 10.6.